The number of nitrogens with one attached hydrogen (secondary N) is 1. The van der Waals surface area contributed by atoms with E-state index >= 15 is 0 Å². The fourth-order valence-electron chi connectivity index (χ4n) is 5.87. The van der Waals surface area contributed by atoms with Crippen LogP contribution in [0.25, 0.3) is 10.9 Å². The minimum absolute atomic E-state index is 0.134. The lowest BCUT2D eigenvalue weighted by Crippen LogP contribution is -2.58. The molecule has 3 amide bonds. The number of aryl methyl sites for hydroxylation is 1. The number of hydrogen-bond donors (Lipinski definition) is 2. The highest BCUT2D eigenvalue weighted by molar-refractivity contribution is 5.89. The molecule has 0 saturated carbocycles. The zero-order valence-electron chi connectivity index (χ0n) is 21.6. The van der Waals surface area contributed by atoms with E-state index in [1.54, 1.807) is 7.11 Å². The number of nitrogens with zero attached hydrogens (tertiary/aromatic N) is 4. The van der Waals surface area contributed by atoms with Gasteiger partial charge >= 0.3 is 6.03 Å². The van der Waals surface area contributed by atoms with Crippen LogP contribution in [0.4, 0.5) is 4.79 Å². The van der Waals surface area contributed by atoms with Crippen molar-refractivity contribution in [1.29, 1.82) is 0 Å². The van der Waals surface area contributed by atoms with Crippen LogP contribution in [0.1, 0.15) is 43.5 Å². The summed E-state index contributed by atoms with van der Waals surface area (Å²) in [5.74, 6) is 0.904. The Morgan fingerprint density at radius 1 is 1.26 bits per heavy atom. The van der Waals surface area contributed by atoms with Crippen molar-refractivity contribution in [3.63, 3.8) is 0 Å². The van der Waals surface area contributed by atoms with Gasteiger partial charge in [0, 0.05) is 55.8 Å². The fourth-order valence-corrected chi connectivity index (χ4v) is 5.87. The molecule has 9 nitrogen and oxygen atoms in total. The number of piperidine rings is 1. The average molecular weight is 486 g/mol. The third kappa shape index (κ3) is 4.47. The molecule has 2 aromatic rings. The number of carbonyl (C=O) groups is 2. The Kier molecular flexibility index (Phi) is 7.28. The van der Waals surface area contributed by atoms with Crippen molar-refractivity contribution in [3.05, 3.63) is 29.5 Å². The molecule has 1 aromatic carbocycles. The lowest BCUT2D eigenvalue weighted by atomic mass is 9.68. The Morgan fingerprint density at radius 3 is 2.57 bits per heavy atom. The SMILES string of the molecule is CCCNC(=O)N1CC2(CCN(C(=O)CN(C)C)CC2)c2c(n(C)c3cc(OC)ccc23)[C@H]1CO. The van der Waals surface area contributed by atoms with Crippen LogP contribution >= 0.6 is 0 Å². The van der Waals surface area contributed by atoms with Gasteiger partial charge in [-0.05, 0) is 51.1 Å². The molecule has 3 heterocycles. The lowest BCUT2D eigenvalue weighted by molar-refractivity contribution is -0.133. The molecule has 0 unspecified atom stereocenters. The molecule has 35 heavy (non-hydrogen) atoms. The predicted octanol–water partition coefficient (Wildman–Crippen LogP) is 2.08. The van der Waals surface area contributed by atoms with Crippen LogP contribution in [0, 0.1) is 0 Å². The number of ether oxygens (including phenoxy) is 1. The monoisotopic (exact) mass is 485 g/mol. The molecule has 1 saturated heterocycles. The number of carbonyl (C=O) groups excluding carboxylic acids is 2. The first-order chi connectivity index (χ1) is 16.8. The van der Waals surface area contributed by atoms with E-state index in [1.807, 2.05) is 54.9 Å². The summed E-state index contributed by atoms with van der Waals surface area (Å²) in [7, 11) is 7.47. The summed E-state index contributed by atoms with van der Waals surface area (Å²) >= 11 is 0. The van der Waals surface area contributed by atoms with Crippen molar-refractivity contribution in [3.8, 4) is 5.75 Å². The number of hydrogen-bond acceptors (Lipinski definition) is 5. The van der Waals surface area contributed by atoms with Gasteiger partial charge in [0.15, 0.2) is 0 Å². The highest BCUT2D eigenvalue weighted by Gasteiger charge is 2.49. The first-order valence-corrected chi connectivity index (χ1v) is 12.5. The van der Waals surface area contributed by atoms with Crippen molar-refractivity contribution in [2.75, 3.05) is 60.5 Å². The number of likely N-dealkylation sites (N-methyl/N-ethyl adjacent to an activating group) is 1. The van der Waals surface area contributed by atoms with E-state index < -0.39 is 6.04 Å². The van der Waals surface area contributed by atoms with Gasteiger partial charge in [0.1, 0.15) is 5.75 Å². The number of urea groups is 1. The molecular formula is C26H39N5O4. The summed E-state index contributed by atoms with van der Waals surface area (Å²) in [6.07, 6.45) is 2.37. The van der Waals surface area contributed by atoms with Gasteiger partial charge in [-0.25, -0.2) is 4.79 Å². The molecule has 0 radical (unpaired) electrons. The van der Waals surface area contributed by atoms with Gasteiger partial charge in [0.25, 0.3) is 0 Å². The average Bonchev–Trinajstić information content (AvgIpc) is 3.15. The van der Waals surface area contributed by atoms with Crippen LogP contribution in [0.2, 0.25) is 0 Å². The molecular weight excluding hydrogens is 446 g/mol. The first kappa shape index (κ1) is 25.3. The van der Waals surface area contributed by atoms with E-state index in [4.69, 9.17) is 4.74 Å². The van der Waals surface area contributed by atoms with Gasteiger partial charge < -0.3 is 34.4 Å². The van der Waals surface area contributed by atoms with E-state index in [2.05, 4.69) is 16.0 Å². The molecule has 2 aliphatic rings. The highest BCUT2D eigenvalue weighted by Crippen LogP contribution is 2.50. The van der Waals surface area contributed by atoms with E-state index in [9.17, 15) is 14.7 Å². The Hall–Kier alpha value is -2.78. The first-order valence-electron chi connectivity index (χ1n) is 12.5. The molecule has 192 valence electrons. The molecule has 0 aliphatic carbocycles. The summed E-state index contributed by atoms with van der Waals surface area (Å²) in [6, 6.07) is 5.50. The third-order valence-electron chi connectivity index (χ3n) is 7.63. The summed E-state index contributed by atoms with van der Waals surface area (Å²) in [5, 5.41) is 14.6. The number of fused-ring (bicyclic) bond motifs is 4. The van der Waals surface area contributed by atoms with E-state index in [0.717, 1.165) is 41.6 Å². The number of aliphatic hydroxyl groups is 1. The Labute approximate surface area is 207 Å². The minimum atomic E-state index is -0.440. The predicted molar refractivity (Wildman–Crippen MR) is 136 cm³/mol. The molecule has 1 aromatic heterocycles. The number of amides is 3. The van der Waals surface area contributed by atoms with Crippen molar-refractivity contribution in [1.82, 2.24) is 24.6 Å². The molecule has 9 heteroatoms. The molecule has 4 rings (SSSR count). The molecule has 1 fully saturated rings. The van der Waals surface area contributed by atoms with Crippen LogP contribution in [-0.2, 0) is 17.3 Å². The van der Waals surface area contributed by atoms with Crippen molar-refractivity contribution < 1.29 is 19.4 Å². The Morgan fingerprint density at radius 2 is 1.97 bits per heavy atom. The van der Waals surface area contributed by atoms with Crippen molar-refractivity contribution >= 4 is 22.8 Å². The summed E-state index contributed by atoms with van der Waals surface area (Å²) in [4.78, 5) is 31.7. The lowest BCUT2D eigenvalue weighted by Gasteiger charge is -2.50. The number of aromatic nitrogens is 1. The van der Waals surface area contributed by atoms with Gasteiger partial charge in [0.2, 0.25) is 5.91 Å². The van der Waals surface area contributed by atoms with Gasteiger partial charge in [-0.2, -0.15) is 0 Å². The van der Waals surface area contributed by atoms with Gasteiger partial charge in [-0.3, -0.25) is 4.79 Å². The van der Waals surface area contributed by atoms with Crippen LogP contribution < -0.4 is 10.1 Å². The number of likely N-dealkylation sites (tertiary alicyclic amines) is 1. The molecule has 1 spiro atoms. The molecule has 0 bridgehead atoms. The fraction of sp³-hybridized carbons (Fsp3) is 0.615. The number of methoxy groups -OCH3 is 1. The van der Waals surface area contributed by atoms with Crippen LogP contribution in [0.5, 0.6) is 5.75 Å². The quantitative estimate of drug-likeness (QED) is 0.654. The maximum absolute atomic E-state index is 13.3. The number of aliphatic hydroxyl groups excluding tert-OH is 1. The smallest absolute Gasteiger partial charge is 0.318 e. The molecule has 2 aliphatic heterocycles. The Bertz CT molecular complexity index is 1090. The maximum atomic E-state index is 13.3. The van der Waals surface area contributed by atoms with E-state index in [0.29, 0.717) is 32.7 Å². The summed E-state index contributed by atoms with van der Waals surface area (Å²) < 4.78 is 7.60. The van der Waals surface area contributed by atoms with Crippen molar-refractivity contribution in [2.24, 2.45) is 7.05 Å². The van der Waals surface area contributed by atoms with Crippen LogP contribution in [0.3, 0.4) is 0 Å². The summed E-state index contributed by atoms with van der Waals surface area (Å²) in [6.45, 7) is 4.66. The van der Waals surface area contributed by atoms with E-state index in [-0.39, 0.29) is 24.0 Å². The highest BCUT2D eigenvalue weighted by atomic mass is 16.5. The second-order valence-corrected chi connectivity index (χ2v) is 10.2. The molecule has 2 N–H and O–H groups in total. The summed E-state index contributed by atoms with van der Waals surface area (Å²) in [5.41, 5.74) is 2.90. The van der Waals surface area contributed by atoms with Crippen LogP contribution in [0.15, 0.2) is 18.2 Å². The van der Waals surface area contributed by atoms with E-state index in [1.165, 1.54) is 5.56 Å². The maximum Gasteiger partial charge on any atom is 0.318 e. The van der Waals surface area contributed by atoms with Crippen LogP contribution in [-0.4, -0.2) is 96.8 Å². The minimum Gasteiger partial charge on any atom is -0.497 e. The third-order valence-corrected chi connectivity index (χ3v) is 7.63. The number of benzene rings is 1. The standard InChI is InChI=1S/C26H39N5O4/c1-6-11-27-25(34)31-17-26(9-12-30(13-10-26)22(33)15-28(2)3)23-19-8-7-18(35-5)14-20(19)29(4)24(23)21(31)16-32/h7-8,14,21,32H,6,9-13,15-17H2,1-5H3,(H,27,34)/t21-/m1/s1. The Balaban J connectivity index is 1.80. The normalized spacial score (nSPS) is 19.3. The van der Waals surface area contributed by atoms with Crippen molar-refractivity contribution in [2.45, 2.75) is 37.6 Å². The largest absolute Gasteiger partial charge is 0.497 e. The topological polar surface area (TPSA) is 90.3 Å². The second kappa shape index (κ2) is 10.1. The van der Waals surface area contributed by atoms with Gasteiger partial charge in [0.05, 0.1) is 31.8 Å². The van der Waals surface area contributed by atoms with Gasteiger partial charge in [-0.15, -0.1) is 0 Å². The number of rotatable bonds is 6. The second-order valence-electron chi connectivity index (χ2n) is 10.2. The zero-order valence-corrected chi connectivity index (χ0v) is 21.6. The van der Waals surface area contributed by atoms with Gasteiger partial charge in [-0.1, -0.05) is 6.92 Å². The molecule has 1 atom stereocenters. The zero-order chi connectivity index (χ0) is 25.3.